The van der Waals surface area contributed by atoms with Gasteiger partial charge in [-0.3, -0.25) is 0 Å². The monoisotopic (exact) mass is 225 g/mol. The number of nitrogens with one attached hydrogen (secondary N) is 1. The first-order chi connectivity index (χ1) is 7.19. The molecule has 0 bridgehead atoms. The second kappa shape index (κ2) is 5.41. The first kappa shape index (κ1) is 11.6. The number of carboxylic acid groups (broad SMARTS) is 1. The van der Waals surface area contributed by atoms with E-state index in [-0.39, 0.29) is 5.56 Å². The zero-order valence-electron chi connectivity index (χ0n) is 8.33. The fraction of sp³-hybridized carbons (Fsp3) is 0.182. The van der Waals surface area contributed by atoms with E-state index < -0.39 is 5.97 Å². The Bertz CT molecular complexity index is 388. The molecule has 1 aromatic carbocycles. The predicted octanol–water partition coefficient (Wildman–Crippen LogP) is 3.29. The van der Waals surface area contributed by atoms with Crippen molar-refractivity contribution < 1.29 is 9.90 Å². The minimum atomic E-state index is -0.955. The summed E-state index contributed by atoms with van der Waals surface area (Å²) in [6, 6.07) is 6.71. The number of rotatable bonds is 4. The van der Waals surface area contributed by atoms with Crippen LogP contribution >= 0.6 is 11.6 Å². The second-order valence-corrected chi connectivity index (χ2v) is 3.18. The van der Waals surface area contributed by atoms with E-state index in [0.717, 1.165) is 12.1 Å². The van der Waals surface area contributed by atoms with Crippen LogP contribution in [-0.4, -0.2) is 11.1 Å². The lowest BCUT2D eigenvalue weighted by molar-refractivity contribution is 0.0698. The van der Waals surface area contributed by atoms with Crippen LogP contribution in [-0.2, 0) is 0 Å². The summed E-state index contributed by atoms with van der Waals surface area (Å²) >= 11 is 5.58. The normalized spacial score (nSPS) is 11.2. The van der Waals surface area contributed by atoms with Crippen molar-refractivity contribution in [3.05, 3.63) is 41.1 Å². The number of carbonyl (C=O) groups is 1. The van der Waals surface area contributed by atoms with Gasteiger partial charge in [-0.2, -0.15) is 0 Å². The van der Waals surface area contributed by atoms with Gasteiger partial charge in [0.15, 0.2) is 0 Å². The summed E-state index contributed by atoms with van der Waals surface area (Å²) in [7, 11) is 0. The molecule has 1 aromatic rings. The lowest BCUT2D eigenvalue weighted by Crippen LogP contribution is -2.05. The van der Waals surface area contributed by atoms with Crippen molar-refractivity contribution in [3.63, 3.8) is 0 Å². The van der Waals surface area contributed by atoms with Gasteiger partial charge in [0.25, 0.3) is 0 Å². The molecule has 0 fully saturated rings. The number of allylic oxidation sites excluding steroid dienone is 1. The first-order valence-corrected chi connectivity index (χ1v) is 5.01. The Labute approximate surface area is 93.4 Å². The maximum atomic E-state index is 10.9. The second-order valence-electron chi connectivity index (χ2n) is 2.96. The van der Waals surface area contributed by atoms with E-state index in [9.17, 15) is 4.79 Å². The fourth-order valence-corrected chi connectivity index (χ4v) is 1.35. The molecule has 0 aliphatic rings. The maximum Gasteiger partial charge on any atom is 0.337 e. The average molecular weight is 226 g/mol. The molecule has 0 spiro atoms. The number of halogens is 1. The van der Waals surface area contributed by atoms with Gasteiger partial charge in [-0.05, 0) is 18.6 Å². The SMILES string of the molecule is CC/C(=C/Cl)Nc1ccccc1C(=O)O. The molecule has 80 valence electrons. The summed E-state index contributed by atoms with van der Waals surface area (Å²) in [6.07, 6.45) is 0.720. The first-order valence-electron chi connectivity index (χ1n) is 4.57. The van der Waals surface area contributed by atoms with Gasteiger partial charge >= 0.3 is 5.97 Å². The molecule has 4 heteroatoms. The fourth-order valence-electron chi connectivity index (χ4n) is 1.14. The Hall–Kier alpha value is -1.48. The van der Waals surface area contributed by atoms with Crippen LogP contribution in [0.5, 0.6) is 0 Å². The molecule has 0 amide bonds. The summed E-state index contributed by atoms with van der Waals surface area (Å²) in [5, 5.41) is 11.9. The molecule has 0 aliphatic heterocycles. The summed E-state index contributed by atoms with van der Waals surface area (Å²) < 4.78 is 0. The standard InChI is InChI=1S/C11H12ClNO2/c1-2-8(7-12)13-10-6-4-3-5-9(10)11(14)15/h3-7,13H,2H2,1H3,(H,14,15)/b8-7-. The molecule has 0 aromatic heterocycles. The molecule has 0 radical (unpaired) electrons. The molecule has 1 rings (SSSR count). The minimum absolute atomic E-state index is 0.238. The third kappa shape index (κ3) is 2.99. The quantitative estimate of drug-likeness (QED) is 0.827. The summed E-state index contributed by atoms with van der Waals surface area (Å²) in [4.78, 5) is 10.9. The van der Waals surface area contributed by atoms with E-state index in [0.29, 0.717) is 5.69 Å². The molecule has 0 heterocycles. The van der Waals surface area contributed by atoms with Crippen LogP contribution in [0.3, 0.4) is 0 Å². The number of aromatic carboxylic acids is 1. The van der Waals surface area contributed by atoms with Gasteiger partial charge < -0.3 is 10.4 Å². The minimum Gasteiger partial charge on any atom is -0.478 e. The van der Waals surface area contributed by atoms with Crippen LogP contribution in [0.4, 0.5) is 5.69 Å². The van der Waals surface area contributed by atoms with Crippen molar-refractivity contribution in [2.24, 2.45) is 0 Å². The lowest BCUT2D eigenvalue weighted by Gasteiger charge is -2.10. The van der Waals surface area contributed by atoms with E-state index in [1.165, 1.54) is 5.54 Å². The molecule has 0 aliphatic carbocycles. The van der Waals surface area contributed by atoms with Gasteiger partial charge in [0.2, 0.25) is 0 Å². The van der Waals surface area contributed by atoms with Gasteiger partial charge in [0.1, 0.15) is 0 Å². The Morgan fingerprint density at radius 3 is 2.73 bits per heavy atom. The van der Waals surface area contributed by atoms with Gasteiger partial charge in [0.05, 0.1) is 11.3 Å². The van der Waals surface area contributed by atoms with Gasteiger partial charge in [0, 0.05) is 11.2 Å². The zero-order chi connectivity index (χ0) is 11.3. The molecular formula is C11H12ClNO2. The molecule has 0 unspecified atom stereocenters. The van der Waals surface area contributed by atoms with Crippen molar-refractivity contribution in [2.75, 3.05) is 5.32 Å². The molecule has 0 saturated heterocycles. The van der Waals surface area contributed by atoms with E-state index in [1.54, 1.807) is 24.3 Å². The summed E-state index contributed by atoms with van der Waals surface area (Å²) in [6.45, 7) is 1.94. The van der Waals surface area contributed by atoms with Crippen molar-refractivity contribution in [2.45, 2.75) is 13.3 Å². The highest BCUT2D eigenvalue weighted by Gasteiger charge is 2.08. The predicted molar refractivity (Wildman–Crippen MR) is 61.3 cm³/mol. The highest BCUT2D eigenvalue weighted by Crippen LogP contribution is 2.18. The topological polar surface area (TPSA) is 49.3 Å². The van der Waals surface area contributed by atoms with Crippen LogP contribution < -0.4 is 5.32 Å². The Morgan fingerprint density at radius 2 is 2.20 bits per heavy atom. The number of hydrogen-bond donors (Lipinski definition) is 2. The zero-order valence-corrected chi connectivity index (χ0v) is 9.08. The van der Waals surface area contributed by atoms with Crippen LogP contribution in [0.25, 0.3) is 0 Å². The maximum absolute atomic E-state index is 10.9. The summed E-state index contributed by atoms with van der Waals surface area (Å²) in [5.74, 6) is -0.955. The number of para-hydroxylation sites is 1. The van der Waals surface area contributed by atoms with Crippen molar-refractivity contribution >= 4 is 23.3 Å². The molecule has 2 N–H and O–H groups in total. The van der Waals surface area contributed by atoms with Gasteiger partial charge in [-0.15, -0.1) is 0 Å². The van der Waals surface area contributed by atoms with Gasteiger partial charge in [-0.25, -0.2) is 4.79 Å². The van der Waals surface area contributed by atoms with E-state index in [4.69, 9.17) is 16.7 Å². The highest BCUT2D eigenvalue weighted by atomic mass is 35.5. The molecule has 0 saturated carbocycles. The number of carboxylic acids is 1. The lowest BCUT2D eigenvalue weighted by atomic mass is 10.1. The molecule has 0 atom stereocenters. The van der Waals surface area contributed by atoms with Crippen LogP contribution in [0, 0.1) is 0 Å². The molecule has 15 heavy (non-hydrogen) atoms. The van der Waals surface area contributed by atoms with Crippen molar-refractivity contribution in [1.29, 1.82) is 0 Å². The van der Waals surface area contributed by atoms with E-state index >= 15 is 0 Å². The molecular weight excluding hydrogens is 214 g/mol. The largest absolute Gasteiger partial charge is 0.478 e. The van der Waals surface area contributed by atoms with Crippen LogP contribution in [0.1, 0.15) is 23.7 Å². The van der Waals surface area contributed by atoms with Crippen LogP contribution in [0.2, 0.25) is 0 Å². The number of anilines is 1. The Kier molecular flexibility index (Phi) is 4.18. The molecule has 3 nitrogen and oxygen atoms in total. The smallest absolute Gasteiger partial charge is 0.337 e. The average Bonchev–Trinajstić information content (AvgIpc) is 2.26. The number of benzene rings is 1. The third-order valence-corrected chi connectivity index (χ3v) is 2.23. The Morgan fingerprint density at radius 1 is 1.53 bits per heavy atom. The summed E-state index contributed by atoms with van der Waals surface area (Å²) in [5.41, 5.74) is 2.99. The van der Waals surface area contributed by atoms with Crippen molar-refractivity contribution in [1.82, 2.24) is 0 Å². The Balaban J connectivity index is 2.99. The number of hydrogen-bond acceptors (Lipinski definition) is 2. The van der Waals surface area contributed by atoms with E-state index in [1.807, 2.05) is 6.92 Å². The van der Waals surface area contributed by atoms with E-state index in [2.05, 4.69) is 5.32 Å². The van der Waals surface area contributed by atoms with Crippen LogP contribution in [0.15, 0.2) is 35.5 Å². The van der Waals surface area contributed by atoms with Crippen molar-refractivity contribution in [3.8, 4) is 0 Å². The highest BCUT2D eigenvalue weighted by molar-refractivity contribution is 6.25. The third-order valence-electron chi connectivity index (χ3n) is 1.97. The van der Waals surface area contributed by atoms with Gasteiger partial charge in [-0.1, -0.05) is 30.7 Å².